The number of methoxy groups -OCH3 is 1. The van der Waals surface area contributed by atoms with Crippen molar-refractivity contribution in [2.75, 3.05) is 25.2 Å². The monoisotopic (exact) mass is 304 g/mol. The van der Waals surface area contributed by atoms with E-state index in [1.807, 2.05) is 39.0 Å². The summed E-state index contributed by atoms with van der Waals surface area (Å²) in [5.74, 6) is -0.133. The molecule has 5 heteroatoms. The van der Waals surface area contributed by atoms with Crippen LogP contribution in [-0.2, 0) is 14.3 Å². The first-order valence-electron chi connectivity index (χ1n) is 7.57. The van der Waals surface area contributed by atoms with Gasteiger partial charge in [-0.1, -0.05) is 17.7 Å². The molecular weight excluding hydrogens is 280 g/mol. The van der Waals surface area contributed by atoms with Gasteiger partial charge in [0.1, 0.15) is 5.54 Å². The van der Waals surface area contributed by atoms with Gasteiger partial charge in [-0.05, 0) is 38.8 Å². The smallest absolute Gasteiger partial charge is 0.246 e. The van der Waals surface area contributed by atoms with Crippen LogP contribution in [0.2, 0.25) is 0 Å². The minimum absolute atomic E-state index is 0.00338. The lowest BCUT2D eigenvalue weighted by molar-refractivity contribution is -0.127. The number of anilines is 1. The van der Waals surface area contributed by atoms with E-state index in [-0.39, 0.29) is 11.8 Å². The van der Waals surface area contributed by atoms with Crippen molar-refractivity contribution in [3.8, 4) is 0 Å². The van der Waals surface area contributed by atoms with Crippen LogP contribution >= 0.6 is 0 Å². The molecule has 0 unspecified atom stereocenters. The molecule has 0 aromatic heterocycles. The summed E-state index contributed by atoms with van der Waals surface area (Å²) >= 11 is 0. The van der Waals surface area contributed by atoms with Crippen LogP contribution in [0.4, 0.5) is 5.69 Å². The van der Waals surface area contributed by atoms with E-state index >= 15 is 0 Å². The standard InChI is InChI=1S/C17H24N2O3/c1-12-5-6-14(13(2)11-12)19-15(20)7-8-17(19,3)16(21)18-9-10-22-4/h5-6,11H,7-10H2,1-4H3,(H,18,21)/t17-/m1/s1. The second kappa shape index (κ2) is 6.48. The summed E-state index contributed by atoms with van der Waals surface area (Å²) in [5.41, 5.74) is 2.12. The fraction of sp³-hybridized carbons (Fsp3) is 0.529. The Morgan fingerprint density at radius 2 is 2.14 bits per heavy atom. The normalized spacial score (nSPS) is 21.3. The predicted molar refractivity (Wildman–Crippen MR) is 85.9 cm³/mol. The van der Waals surface area contributed by atoms with Gasteiger partial charge in [-0.25, -0.2) is 0 Å². The van der Waals surface area contributed by atoms with E-state index in [0.29, 0.717) is 26.0 Å². The second-order valence-electron chi connectivity index (χ2n) is 6.04. The third kappa shape index (κ3) is 2.99. The number of hydrogen-bond donors (Lipinski definition) is 1. The highest BCUT2D eigenvalue weighted by Crippen LogP contribution is 2.37. The van der Waals surface area contributed by atoms with Gasteiger partial charge in [0.05, 0.1) is 6.61 Å². The molecule has 1 fully saturated rings. The minimum Gasteiger partial charge on any atom is -0.383 e. The van der Waals surface area contributed by atoms with Crippen molar-refractivity contribution in [1.29, 1.82) is 0 Å². The molecule has 0 aliphatic carbocycles. The van der Waals surface area contributed by atoms with Crippen LogP contribution in [-0.4, -0.2) is 37.6 Å². The van der Waals surface area contributed by atoms with E-state index in [4.69, 9.17) is 4.74 Å². The van der Waals surface area contributed by atoms with Crippen molar-refractivity contribution >= 4 is 17.5 Å². The van der Waals surface area contributed by atoms with Gasteiger partial charge >= 0.3 is 0 Å². The summed E-state index contributed by atoms with van der Waals surface area (Å²) in [4.78, 5) is 26.6. The van der Waals surface area contributed by atoms with Crippen molar-refractivity contribution in [2.24, 2.45) is 0 Å². The number of nitrogens with zero attached hydrogens (tertiary/aromatic N) is 1. The summed E-state index contributed by atoms with van der Waals surface area (Å²) in [5, 5.41) is 2.86. The largest absolute Gasteiger partial charge is 0.383 e. The van der Waals surface area contributed by atoms with Gasteiger partial charge in [0.25, 0.3) is 0 Å². The average Bonchev–Trinajstić information content (AvgIpc) is 2.77. The third-order valence-corrected chi connectivity index (χ3v) is 4.24. The number of nitrogens with one attached hydrogen (secondary N) is 1. The predicted octanol–water partition coefficient (Wildman–Crippen LogP) is 1.95. The lowest BCUT2D eigenvalue weighted by Gasteiger charge is -2.35. The molecule has 1 heterocycles. The lowest BCUT2D eigenvalue weighted by Crippen LogP contribution is -2.55. The Bertz CT molecular complexity index is 585. The van der Waals surface area contributed by atoms with Gasteiger partial charge in [-0.15, -0.1) is 0 Å². The maximum absolute atomic E-state index is 12.6. The Hall–Kier alpha value is -1.88. The quantitative estimate of drug-likeness (QED) is 0.846. The van der Waals surface area contributed by atoms with Crippen LogP contribution in [0, 0.1) is 13.8 Å². The van der Waals surface area contributed by atoms with E-state index < -0.39 is 5.54 Å². The number of benzene rings is 1. The van der Waals surface area contributed by atoms with Crippen molar-refractivity contribution in [3.05, 3.63) is 29.3 Å². The van der Waals surface area contributed by atoms with Crippen molar-refractivity contribution in [2.45, 2.75) is 39.2 Å². The third-order valence-electron chi connectivity index (χ3n) is 4.24. The molecule has 2 amide bonds. The Balaban J connectivity index is 2.30. The Labute approximate surface area is 131 Å². The van der Waals surface area contributed by atoms with Crippen molar-refractivity contribution < 1.29 is 14.3 Å². The van der Waals surface area contributed by atoms with Gasteiger partial charge in [0, 0.05) is 25.8 Å². The van der Waals surface area contributed by atoms with E-state index in [2.05, 4.69) is 5.32 Å². The summed E-state index contributed by atoms with van der Waals surface area (Å²) < 4.78 is 4.96. The molecule has 1 N–H and O–H groups in total. The Kier molecular flexibility index (Phi) is 4.86. The molecule has 22 heavy (non-hydrogen) atoms. The molecule has 1 aliphatic rings. The molecule has 1 saturated heterocycles. The van der Waals surface area contributed by atoms with Crippen LogP contribution in [0.1, 0.15) is 30.9 Å². The highest BCUT2D eigenvalue weighted by Gasteiger charge is 2.48. The minimum atomic E-state index is -0.842. The van der Waals surface area contributed by atoms with Crippen molar-refractivity contribution in [3.63, 3.8) is 0 Å². The molecule has 0 bridgehead atoms. The molecule has 2 rings (SSSR count). The molecule has 0 spiro atoms. The SMILES string of the molecule is COCCNC(=O)[C@@]1(C)CCC(=O)N1c1ccc(C)cc1C. The number of rotatable bonds is 5. The van der Waals surface area contributed by atoms with Gasteiger partial charge in [0.2, 0.25) is 11.8 Å². The molecule has 120 valence electrons. The van der Waals surface area contributed by atoms with Crippen LogP contribution in [0.3, 0.4) is 0 Å². The summed E-state index contributed by atoms with van der Waals surface area (Å²) in [7, 11) is 1.59. The maximum atomic E-state index is 12.6. The molecule has 5 nitrogen and oxygen atoms in total. The van der Waals surface area contributed by atoms with Crippen LogP contribution in [0.5, 0.6) is 0 Å². The first kappa shape index (κ1) is 16.5. The van der Waals surface area contributed by atoms with Gasteiger partial charge < -0.3 is 10.1 Å². The first-order valence-corrected chi connectivity index (χ1v) is 7.57. The van der Waals surface area contributed by atoms with E-state index in [1.165, 1.54) is 0 Å². The molecule has 1 aliphatic heterocycles. The molecule has 1 aromatic rings. The van der Waals surface area contributed by atoms with Crippen LogP contribution in [0.15, 0.2) is 18.2 Å². The van der Waals surface area contributed by atoms with E-state index in [0.717, 1.165) is 16.8 Å². The zero-order valence-corrected chi connectivity index (χ0v) is 13.7. The van der Waals surface area contributed by atoms with Crippen molar-refractivity contribution in [1.82, 2.24) is 5.32 Å². The molecule has 1 atom stereocenters. The molecule has 0 radical (unpaired) electrons. The molecular formula is C17H24N2O3. The topological polar surface area (TPSA) is 58.6 Å². The van der Waals surface area contributed by atoms with Crippen LogP contribution < -0.4 is 10.2 Å². The zero-order valence-electron chi connectivity index (χ0n) is 13.7. The fourth-order valence-electron chi connectivity index (χ4n) is 2.98. The summed E-state index contributed by atoms with van der Waals surface area (Å²) in [6.45, 7) is 6.72. The number of amides is 2. The number of carbonyl (C=O) groups excluding carboxylic acids is 2. The van der Waals surface area contributed by atoms with E-state index in [1.54, 1.807) is 12.0 Å². The number of carbonyl (C=O) groups is 2. The average molecular weight is 304 g/mol. The van der Waals surface area contributed by atoms with Crippen LogP contribution in [0.25, 0.3) is 0 Å². The lowest BCUT2D eigenvalue weighted by atomic mass is 9.96. The van der Waals surface area contributed by atoms with E-state index in [9.17, 15) is 9.59 Å². The molecule has 0 saturated carbocycles. The zero-order chi connectivity index (χ0) is 16.3. The Morgan fingerprint density at radius 1 is 1.41 bits per heavy atom. The summed E-state index contributed by atoms with van der Waals surface area (Å²) in [6.07, 6.45) is 0.916. The molecule has 1 aromatic carbocycles. The number of hydrogen-bond acceptors (Lipinski definition) is 3. The maximum Gasteiger partial charge on any atom is 0.246 e. The highest BCUT2D eigenvalue weighted by molar-refractivity contribution is 6.06. The highest BCUT2D eigenvalue weighted by atomic mass is 16.5. The first-order chi connectivity index (χ1) is 10.4. The fourth-order valence-corrected chi connectivity index (χ4v) is 2.98. The number of aryl methyl sites for hydroxylation is 2. The van der Waals surface area contributed by atoms with Gasteiger partial charge in [-0.2, -0.15) is 0 Å². The Morgan fingerprint density at radius 3 is 2.77 bits per heavy atom. The second-order valence-corrected chi connectivity index (χ2v) is 6.04. The number of ether oxygens (including phenoxy) is 1. The van der Waals surface area contributed by atoms with Gasteiger partial charge in [-0.3, -0.25) is 14.5 Å². The summed E-state index contributed by atoms with van der Waals surface area (Å²) in [6, 6.07) is 5.93. The van der Waals surface area contributed by atoms with Gasteiger partial charge in [0.15, 0.2) is 0 Å².